The molecule has 0 radical (unpaired) electrons. The van der Waals surface area contributed by atoms with Crippen LogP contribution < -0.4 is 56.1 Å². The van der Waals surface area contributed by atoms with Gasteiger partial charge in [-0.2, -0.15) is 18.1 Å². The van der Waals surface area contributed by atoms with Gasteiger partial charge in [-0.25, -0.2) is 0 Å². The van der Waals surface area contributed by atoms with Crippen molar-refractivity contribution in [1.29, 1.82) is 0 Å². The van der Waals surface area contributed by atoms with Gasteiger partial charge in [-0.05, 0) is 6.42 Å². The second-order valence-electron chi connectivity index (χ2n) is 2.38. The van der Waals surface area contributed by atoms with Gasteiger partial charge in [-0.3, -0.25) is 0 Å². The molecule has 0 spiro atoms. The molecule has 0 bridgehead atoms. The molecule has 0 atom stereocenters. The minimum atomic E-state index is 0. The molecule has 52 valence electrons. The number of hydrogen-bond acceptors (Lipinski definition) is 1. The Labute approximate surface area is 110 Å². The average molecular weight is 172 g/mol. The van der Waals surface area contributed by atoms with Gasteiger partial charge in [-0.15, -0.1) is 6.07 Å². The fourth-order valence-electron chi connectivity index (χ4n) is 1.16. The fraction of sp³-hybridized carbons (Fsp3) is 0.222. The Morgan fingerprint density at radius 2 is 2.09 bits per heavy atom. The Bertz CT molecular complexity index is 210. The van der Waals surface area contributed by atoms with E-state index in [0.29, 0.717) is 0 Å². The third-order valence-corrected chi connectivity index (χ3v) is 1.66. The van der Waals surface area contributed by atoms with E-state index in [-0.39, 0.29) is 51.4 Å². The molecule has 0 amide bonds. The van der Waals surface area contributed by atoms with E-state index in [4.69, 9.17) is 4.74 Å². The van der Waals surface area contributed by atoms with Crippen LogP contribution in [0.2, 0.25) is 0 Å². The van der Waals surface area contributed by atoms with E-state index in [1.807, 2.05) is 18.2 Å². The Morgan fingerprint density at radius 1 is 1.27 bits per heavy atom. The van der Waals surface area contributed by atoms with Crippen molar-refractivity contribution in [1.82, 2.24) is 0 Å². The minimum Gasteiger partial charge on any atom is -0.551 e. The molecule has 0 fully saturated rings. The predicted octanol–water partition coefficient (Wildman–Crippen LogP) is -0.975. The third kappa shape index (κ3) is 2.23. The van der Waals surface area contributed by atoms with Crippen molar-refractivity contribution in [2.24, 2.45) is 0 Å². The van der Waals surface area contributed by atoms with Gasteiger partial charge in [0.15, 0.2) is 0 Å². The Morgan fingerprint density at radius 3 is 2.91 bits per heavy atom. The van der Waals surface area contributed by atoms with Crippen molar-refractivity contribution in [2.45, 2.75) is 6.42 Å². The summed E-state index contributed by atoms with van der Waals surface area (Å²) in [5.74, 6) is 1.02. The molecular weight excluding hydrogens is 163 g/mol. The third-order valence-electron chi connectivity index (χ3n) is 1.66. The van der Waals surface area contributed by atoms with Gasteiger partial charge in [0.05, 0.1) is 6.61 Å². The maximum atomic E-state index is 5.39. The number of benzene rings is 1. The summed E-state index contributed by atoms with van der Waals surface area (Å²) in [6.07, 6.45) is 3.25. The van der Waals surface area contributed by atoms with Crippen molar-refractivity contribution in [3.05, 3.63) is 36.2 Å². The maximum absolute atomic E-state index is 5.39. The van der Waals surface area contributed by atoms with Crippen LogP contribution in [0, 0.1) is 6.42 Å². The van der Waals surface area contributed by atoms with Crippen LogP contribution in [0.5, 0.6) is 5.75 Å². The minimum absolute atomic E-state index is 0. The van der Waals surface area contributed by atoms with Crippen molar-refractivity contribution in [3.8, 4) is 5.75 Å². The molecule has 0 aliphatic carbocycles. The van der Waals surface area contributed by atoms with E-state index in [1.165, 1.54) is 5.56 Å². The number of hydrogen-bond donors (Lipinski definition) is 0. The van der Waals surface area contributed by atoms with Gasteiger partial charge in [-0.1, -0.05) is 12.1 Å². The molecule has 1 aromatic rings. The van der Waals surface area contributed by atoms with E-state index in [9.17, 15) is 0 Å². The summed E-state index contributed by atoms with van der Waals surface area (Å²) in [7, 11) is 0. The summed E-state index contributed by atoms with van der Waals surface area (Å²) in [6.45, 7) is 0.830. The normalized spacial score (nSPS) is 13.5. The molecule has 1 aliphatic heterocycles. The van der Waals surface area contributed by atoms with Crippen LogP contribution in [0.3, 0.4) is 0 Å². The van der Waals surface area contributed by atoms with Crippen LogP contribution in [0.4, 0.5) is 0 Å². The van der Waals surface area contributed by atoms with Crippen LogP contribution >= 0.6 is 0 Å². The van der Waals surface area contributed by atoms with Crippen molar-refractivity contribution in [3.63, 3.8) is 0 Å². The summed E-state index contributed by atoms with van der Waals surface area (Å²) < 4.78 is 5.39. The number of rotatable bonds is 0. The zero-order valence-electron chi connectivity index (χ0n) is 6.71. The van der Waals surface area contributed by atoms with Crippen molar-refractivity contribution < 1.29 is 56.1 Å². The molecule has 0 N–H and O–H groups in total. The first kappa shape index (κ1) is 9.61. The van der Waals surface area contributed by atoms with E-state index in [1.54, 1.807) is 0 Å². The molecule has 0 unspecified atom stereocenters. The Kier molecular flexibility index (Phi) is 3.96. The van der Waals surface area contributed by atoms with Crippen LogP contribution in [0.25, 0.3) is 0 Å². The molecule has 11 heavy (non-hydrogen) atoms. The first-order chi connectivity index (χ1) is 4.97. The van der Waals surface area contributed by atoms with E-state index in [0.717, 1.165) is 18.8 Å². The van der Waals surface area contributed by atoms with Gasteiger partial charge in [0, 0.05) is 5.75 Å². The topological polar surface area (TPSA) is 9.23 Å². The zero-order valence-corrected chi connectivity index (χ0v) is 9.83. The van der Waals surface area contributed by atoms with Gasteiger partial charge < -0.3 is 4.74 Å². The van der Waals surface area contributed by atoms with E-state index in [2.05, 4.69) is 12.5 Å². The predicted molar refractivity (Wildman–Crippen MR) is 40.0 cm³/mol. The summed E-state index contributed by atoms with van der Waals surface area (Å²) in [4.78, 5) is 0. The molecule has 1 nitrogen and oxygen atoms in total. The zero-order chi connectivity index (χ0) is 6.81. The largest absolute Gasteiger partial charge is 1.00 e. The fourth-order valence-corrected chi connectivity index (χ4v) is 1.16. The molecule has 0 aromatic heterocycles. The monoisotopic (exact) mass is 172 g/mol. The average Bonchev–Trinajstić information content (AvgIpc) is 2.05. The summed E-state index contributed by atoms with van der Waals surface area (Å²) in [5.41, 5.74) is 1.23. The molecule has 2 heteroatoms. The van der Waals surface area contributed by atoms with Gasteiger partial charge in [0.25, 0.3) is 0 Å². The van der Waals surface area contributed by atoms with Crippen LogP contribution in [-0.4, -0.2) is 6.61 Å². The van der Waals surface area contributed by atoms with Crippen LogP contribution in [0.15, 0.2) is 24.3 Å². The Hall–Kier alpha value is 0.526. The quantitative estimate of drug-likeness (QED) is 0.361. The first-order valence-electron chi connectivity index (χ1n) is 3.52. The van der Waals surface area contributed by atoms with Crippen molar-refractivity contribution >= 4 is 0 Å². The van der Waals surface area contributed by atoms with E-state index >= 15 is 0 Å². The number of para-hydroxylation sites is 1. The smallest absolute Gasteiger partial charge is 0.551 e. The first-order valence-corrected chi connectivity index (χ1v) is 3.52. The molecule has 1 aliphatic rings. The SMILES string of the molecule is [K+].c1ccc2c(c1)[CH-]CCO2. The summed E-state index contributed by atoms with van der Waals surface area (Å²) in [6, 6.07) is 8.11. The summed E-state index contributed by atoms with van der Waals surface area (Å²) in [5, 5.41) is 0. The Balaban J connectivity index is 0.000000605. The van der Waals surface area contributed by atoms with Crippen LogP contribution in [0.1, 0.15) is 12.0 Å². The molecule has 1 heterocycles. The van der Waals surface area contributed by atoms with Gasteiger partial charge >= 0.3 is 51.4 Å². The second kappa shape index (κ2) is 4.53. The molecule has 0 saturated heterocycles. The maximum Gasteiger partial charge on any atom is 1.00 e. The van der Waals surface area contributed by atoms with Crippen LogP contribution in [-0.2, 0) is 0 Å². The number of ether oxygens (including phenoxy) is 1. The van der Waals surface area contributed by atoms with Gasteiger partial charge in [0.1, 0.15) is 0 Å². The number of fused-ring (bicyclic) bond motifs is 1. The molecule has 2 rings (SSSR count). The summed E-state index contributed by atoms with van der Waals surface area (Å²) >= 11 is 0. The van der Waals surface area contributed by atoms with Gasteiger partial charge in [0.2, 0.25) is 0 Å². The molecular formula is C9H9KO. The second-order valence-corrected chi connectivity index (χ2v) is 2.38. The molecule has 1 aromatic carbocycles. The van der Waals surface area contributed by atoms with E-state index < -0.39 is 0 Å². The standard InChI is InChI=1S/C9H9O.K/c1-2-6-9-8(4-1)5-3-7-10-9;/h1-2,4-6H,3,7H2;/q-1;+1. The molecule has 0 saturated carbocycles. The van der Waals surface area contributed by atoms with Crippen molar-refractivity contribution in [2.75, 3.05) is 6.61 Å².